The molecule has 1 atom stereocenters. The maximum absolute atomic E-state index is 13.0. The number of carbonyl (C=O) groups is 1. The van der Waals surface area contributed by atoms with Crippen molar-refractivity contribution in [1.29, 1.82) is 5.26 Å². The molecular weight excluding hydrogens is 478 g/mol. The summed E-state index contributed by atoms with van der Waals surface area (Å²) < 4.78 is 1.94. The zero-order valence-electron chi connectivity index (χ0n) is 21.8. The number of hydrogen-bond acceptors (Lipinski definition) is 7. The van der Waals surface area contributed by atoms with E-state index in [4.69, 9.17) is 0 Å². The molecule has 1 unspecified atom stereocenters. The molecule has 2 aliphatic rings. The molecule has 2 aromatic heterocycles. The van der Waals surface area contributed by atoms with Crippen LogP contribution in [0.4, 0.5) is 11.6 Å². The van der Waals surface area contributed by atoms with Crippen molar-refractivity contribution in [3.05, 3.63) is 54.5 Å². The highest BCUT2D eigenvalue weighted by Gasteiger charge is 2.28. The van der Waals surface area contributed by atoms with E-state index < -0.39 is 0 Å². The van der Waals surface area contributed by atoms with Crippen molar-refractivity contribution in [2.45, 2.75) is 76.0 Å². The summed E-state index contributed by atoms with van der Waals surface area (Å²) in [6, 6.07) is 11.8. The molecule has 0 bridgehead atoms. The van der Waals surface area contributed by atoms with E-state index in [1.165, 1.54) is 12.8 Å². The van der Waals surface area contributed by atoms with Crippen molar-refractivity contribution in [2.24, 2.45) is 5.92 Å². The first-order valence-electron chi connectivity index (χ1n) is 13.6. The Bertz CT molecular complexity index is 1270. The van der Waals surface area contributed by atoms with E-state index >= 15 is 0 Å². The molecule has 2 saturated carbocycles. The second kappa shape index (κ2) is 11.7. The number of rotatable bonds is 8. The number of aromatic nitrogens is 4. The minimum Gasteiger partial charge on any atom is -0.393 e. The fourth-order valence-electron chi connectivity index (χ4n) is 5.78. The van der Waals surface area contributed by atoms with Crippen molar-refractivity contribution < 1.29 is 9.90 Å². The number of nitriles is 1. The van der Waals surface area contributed by atoms with Crippen LogP contribution in [0.25, 0.3) is 11.3 Å². The quantitative estimate of drug-likeness (QED) is 0.430. The van der Waals surface area contributed by atoms with E-state index in [0.29, 0.717) is 23.9 Å². The number of benzene rings is 1. The molecule has 1 aromatic carbocycles. The van der Waals surface area contributed by atoms with Gasteiger partial charge in [-0.15, -0.1) is 0 Å². The Kier molecular flexibility index (Phi) is 7.99. The third-order valence-corrected chi connectivity index (χ3v) is 8.06. The molecule has 3 aromatic rings. The van der Waals surface area contributed by atoms with Crippen molar-refractivity contribution in [3.8, 4) is 17.3 Å². The molecule has 198 valence electrons. The fraction of sp³-hybridized carbons (Fsp3) is 0.483. The highest BCUT2D eigenvalue weighted by molar-refractivity contribution is 5.94. The van der Waals surface area contributed by atoms with Gasteiger partial charge in [-0.3, -0.25) is 9.48 Å². The highest BCUT2D eigenvalue weighted by atomic mass is 16.3. The number of carbonyl (C=O) groups excluding carboxylic acids is 1. The van der Waals surface area contributed by atoms with Gasteiger partial charge in [0.1, 0.15) is 0 Å². The van der Waals surface area contributed by atoms with Crippen LogP contribution in [0.3, 0.4) is 0 Å². The monoisotopic (exact) mass is 513 g/mol. The summed E-state index contributed by atoms with van der Waals surface area (Å²) in [5.74, 6) is 0.937. The Morgan fingerprint density at radius 1 is 1.16 bits per heavy atom. The summed E-state index contributed by atoms with van der Waals surface area (Å²) in [5, 5.41) is 26.9. The van der Waals surface area contributed by atoms with Gasteiger partial charge in [0.05, 0.1) is 36.5 Å². The van der Waals surface area contributed by atoms with Crippen LogP contribution in [0.5, 0.6) is 0 Å². The van der Waals surface area contributed by atoms with E-state index in [0.717, 1.165) is 55.5 Å². The molecule has 1 amide bonds. The first-order chi connectivity index (χ1) is 18.5. The van der Waals surface area contributed by atoms with Crippen LogP contribution in [0, 0.1) is 17.2 Å². The molecule has 9 nitrogen and oxygen atoms in total. The van der Waals surface area contributed by atoms with Gasteiger partial charge < -0.3 is 15.3 Å². The number of aliphatic hydroxyl groups excluding tert-OH is 1. The normalized spacial score (nSPS) is 20.6. The van der Waals surface area contributed by atoms with Gasteiger partial charge in [0, 0.05) is 42.3 Å². The van der Waals surface area contributed by atoms with Crippen LogP contribution in [0.15, 0.2) is 48.9 Å². The molecule has 9 heteroatoms. The molecule has 2 N–H and O–H groups in total. The van der Waals surface area contributed by atoms with E-state index in [1.807, 2.05) is 48.3 Å². The predicted octanol–water partition coefficient (Wildman–Crippen LogP) is 5.10. The van der Waals surface area contributed by atoms with Gasteiger partial charge in [-0.1, -0.05) is 12.8 Å². The second-order valence-corrected chi connectivity index (χ2v) is 10.5. The van der Waals surface area contributed by atoms with Crippen LogP contribution in [0.2, 0.25) is 0 Å². The molecular formula is C29H35N7O2. The SMILES string of the molecule is CN(C(=O)c1ccc(Nc2nccc(-c3cnn(C(CC#N)C4CCCC4)c3)n2)cc1)[C@H]1CC[C@@H](O)CC1. The zero-order chi connectivity index (χ0) is 26.5. The second-order valence-electron chi connectivity index (χ2n) is 10.5. The van der Waals surface area contributed by atoms with E-state index in [9.17, 15) is 15.2 Å². The Balaban J connectivity index is 1.24. The number of anilines is 2. The lowest BCUT2D eigenvalue weighted by molar-refractivity contribution is 0.0569. The largest absolute Gasteiger partial charge is 0.393 e. The van der Waals surface area contributed by atoms with Gasteiger partial charge >= 0.3 is 0 Å². The summed E-state index contributed by atoms with van der Waals surface area (Å²) in [6.07, 6.45) is 13.6. The molecule has 5 rings (SSSR count). The third-order valence-electron chi connectivity index (χ3n) is 8.06. The van der Waals surface area contributed by atoms with Crippen molar-refractivity contribution in [2.75, 3.05) is 12.4 Å². The fourth-order valence-corrected chi connectivity index (χ4v) is 5.78. The Morgan fingerprint density at radius 2 is 1.89 bits per heavy atom. The summed E-state index contributed by atoms with van der Waals surface area (Å²) in [6.45, 7) is 0. The smallest absolute Gasteiger partial charge is 0.253 e. The molecule has 0 saturated heterocycles. The number of aliphatic hydroxyl groups is 1. The lowest BCUT2D eigenvalue weighted by Gasteiger charge is -2.33. The molecule has 2 fully saturated rings. The van der Waals surface area contributed by atoms with Crippen LogP contribution in [-0.2, 0) is 0 Å². The maximum Gasteiger partial charge on any atom is 0.253 e. The average Bonchev–Trinajstić information content (AvgIpc) is 3.65. The first-order valence-corrected chi connectivity index (χ1v) is 13.6. The van der Waals surface area contributed by atoms with Gasteiger partial charge in [-0.2, -0.15) is 10.4 Å². The van der Waals surface area contributed by atoms with Crippen LogP contribution >= 0.6 is 0 Å². The Hall–Kier alpha value is -3.77. The molecule has 2 aliphatic carbocycles. The lowest BCUT2D eigenvalue weighted by Crippen LogP contribution is -2.40. The Morgan fingerprint density at radius 3 is 2.61 bits per heavy atom. The topological polar surface area (TPSA) is 120 Å². The molecule has 0 radical (unpaired) electrons. The van der Waals surface area contributed by atoms with Crippen molar-refractivity contribution in [1.82, 2.24) is 24.6 Å². The minimum atomic E-state index is -0.241. The van der Waals surface area contributed by atoms with Gasteiger partial charge in [0.15, 0.2) is 0 Å². The molecule has 0 aliphatic heterocycles. The van der Waals surface area contributed by atoms with Gasteiger partial charge in [0.25, 0.3) is 5.91 Å². The molecule has 0 spiro atoms. The summed E-state index contributed by atoms with van der Waals surface area (Å²) in [4.78, 5) is 23.8. The lowest BCUT2D eigenvalue weighted by atomic mass is 9.92. The number of nitrogens with zero attached hydrogens (tertiary/aromatic N) is 6. The number of amides is 1. The Labute approximate surface area is 223 Å². The summed E-state index contributed by atoms with van der Waals surface area (Å²) >= 11 is 0. The van der Waals surface area contributed by atoms with E-state index in [2.05, 4.69) is 26.5 Å². The van der Waals surface area contributed by atoms with Crippen LogP contribution in [0.1, 0.15) is 74.2 Å². The van der Waals surface area contributed by atoms with Crippen LogP contribution < -0.4 is 5.32 Å². The van der Waals surface area contributed by atoms with Crippen LogP contribution in [-0.4, -0.2) is 54.9 Å². The summed E-state index contributed by atoms with van der Waals surface area (Å²) in [5.41, 5.74) is 3.05. The summed E-state index contributed by atoms with van der Waals surface area (Å²) in [7, 11) is 1.84. The van der Waals surface area contributed by atoms with E-state index in [-0.39, 0.29) is 24.1 Å². The van der Waals surface area contributed by atoms with E-state index in [1.54, 1.807) is 17.3 Å². The van der Waals surface area contributed by atoms with Gasteiger partial charge in [-0.05, 0) is 74.8 Å². The van der Waals surface area contributed by atoms with Crippen molar-refractivity contribution >= 4 is 17.5 Å². The zero-order valence-corrected chi connectivity index (χ0v) is 21.8. The standard InChI is InChI=1S/C29H35N7O2/c1-35(24-10-12-25(37)13-11-24)28(38)21-6-8-23(9-7-21)33-29-31-17-15-26(34-29)22-18-32-36(19-22)27(14-16-30)20-4-2-3-5-20/h6-9,15,17-20,24-25,27,37H,2-5,10-14H2,1H3,(H,31,33,34)/t24-,25+,27?. The first kappa shape index (κ1) is 25.9. The third kappa shape index (κ3) is 5.86. The molecule has 2 heterocycles. The highest BCUT2D eigenvalue weighted by Crippen LogP contribution is 2.36. The van der Waals surface area contributed by atoms with Gasteiger partial charge in [-0.25, -0.2) is 9.97 Å². The molecule has 38 heavy (non-hydrogen) atoms. The number of nitrogens with one attached hydrogen (secondary N) is 1. The number of hydrogen-bond donors (Lipinski definition) is 2. The van der Waals surface area contributed by atoms with Gasteiger partial charge in [0.2, 0.25) is 5.95 Å². The maximum atomic E-state index is 13.0. The van der Waals surface area contributed by atoms with Crippen molar-refractivity contribution in [3.63, 3.8) is 0 Å². The minimum absolute atomic E-state index is 0.0134. The average molecular weight is 514 g/mol. The predicted molar refractivity (Wildman–Crippen MR) is 145 cm³/mol.